The summed E-state index contributed by atoms with van der Waals surface area (Å²) in [7, 11) is 0. The van der Waals surface area contributed by atoms with Gasteiger partial charge in [0.05, 0.1) is 6.61 Å². The molecule has 2 rings (SSSR count). The molecule has 0 amide bonds. The summed E-state index contributed by atoms with van der Waals surface area (Å²) in [6.45, 7) is 0.868. The SMILES string of the molecule is [2H]C1(C)C2CC(COCC(O)(C(F)(F)F)C(F)(F)F)C(C2)C1([2H])C. The van der Waals surface area contributed by atoms with Crippen LogP contribution in [0.1, 0.15) is 29.4 Å². The number of rotatable bonds is 4. The van der Waals surface area contributed by atoms with Crippen molar-refractivity contribution in [2.24, 2.45) is 29.5 Å². The highest BCUT2D eigenvalue weighted by Crippen LogP contribution is 2.55. The Morgan fingerprint density at radius 1 is 1.05 bits per heavy atom. The number of halogens is 6. The molecular formula is C14H20F6O2. The van der Waals surface area contributed by atoms with Crippen molar-refractivity contribution in [3.8, 4) is 0 Å². The van der Waals surface area contributed by atoms with Gasteiger partial charge in [0, 0.05) is 9.35 Å². The summed E-state index contributed by atoms with van der Waals surface area (Å²) in [6.07, 6.45) is -10.8. The lowest BCUT2D eigenvalue weighted by atomic mass is 9.76. The molecular weight excluding hydrogens is 314 g/mol. The van der Waals surface area contributed by atoms with Crippen molar-refractivity contribution in [1.29, 1.82) is 0 Å². The van der Waals surface area contributed by atoms with Gasteiger partial charge in [0.25, 0.3) is 5.60 Å². The van der Waals surface area contributed by atoms with Gasteiger partial charge in [0.1, 0.15) is 0 Å². The van der Waals surface area contributed by atoms with Gasteiger partial charge >= 0.3 is 12.4 Å². The van der Waals surface area contributed by atoms with Gasteiger partial charge in [-0.2, -0.15) is 26.3 Å². The molecule has 0 aromatic rings. The lowest BCUT2D eigenvalue weighted by Gasteiger charge is -2.34. The lowest BCUT2D eigenvalue weighted by Crippen LogP contribution is -2.60. The predicted molar refractivity (Wildman–Crippen MR) is 65.9 cm³/mol. The van der Waals surface area contributed by atoms with Crippen molar-refractivity contribution >= 4 is 0 Å². The van der Waals surface area contributed by atoms with E-state index in [9.17, 15) is 26.3 Å². The minimum Gasteiger partial charge on any atom is -0.377 e. The highest BCUT2D eigenvalue weighted by atomic mass is 19.4. The normalized spacial score (nSPS) is 44.1. The maximum Gasteiger partial charge on any atom is 0.428 e. The maximum atomic E-state index is 12.6. The minimum absolute atomic E-state index is 0.136. The van der Waals surface area contributed by atoms with Gasteiger partial charge in [-0.05, 0) is 42.4 Å². The first kappa shape index (κ1) is 15.1. The van der Waals surface area contributed by atoms with Crippen molar-refractivity contribution in [3.63, 3.8) is 0 Å². The Kier molecular flexibility index (Phi) is 3.79. The number of aliphatic hydroxyl groups is 1. The van der Waals surface area contributed by atoms with Crippen molar-refractivity contribution < 1.29 is 38.9 Å². The first-order valence-corrected chi connectivity index (χ1v) is 6.99. The van der Waals surface area contributed by atoms with E-state index >= 15 is 0 Å². The second-order valence-electron chi connectivity index (χ2n) is 6.27. The van der Waals surface area contributed by atoms with Crippen molar-refractivity contribution in [2.75, 3.05) is 13.2 Å². The summed E-state index contributed by atoms with van der Waals surface area (Å²) in [5.74, 6) is -3.00. The largest absolute Gasteiger partial charge is 0.428 e. The Hall–Kier alpha value is -0.500. The Bertz CT molecular complexity index is 475. The minimum atomic E-state index is -5.90. The molecule has 5 unspecified atom stereocenters. The third-order valence-electron chi connectivity index (χ3n) is 5.07. The molecule has 22 heavy (non-hydrogen) atoms. The summed E-state index contributed by atoms with van der Waals surface area (Å²) < 4.78 is 96.6. The summed E-state index contributed by atoms with van der Waals surface area (Å²) >= 11 is 0. The monoisotopic (exact) mass is 336 g/mol. The van der Waals surface area contributed by atoms with E-state index in [0.29, 0.717) is 12.8 Å². The molecule has 5 atom stereocenters. The number of fused-ring (bicyclic) bond motifs is 2. The Labute approximate surface area is 127 Å². The van der Waals surface area contributed by atoms with Gasteiger partial charge < -0.3 is 9.84 Å². The van der Waals surface area contributed by atoms with E-state index < -0.39 is 43.0 Å². The van der Waals surface area contributed by atoms with Gasteiger partial charge in [-0.3, -0.25) is 0 Å². The molecule has 2 saturated carbocycles. The summed E-state index contributed by atoms with van der Waals surface area (Å²) in [5, 5.41) is 9.03. The van der Waals surface area contributed by atoms with Crippen LogP contribution in [0.5, 0.6) is 0 Å². The number of alkyl halides is 6. The van der Waals surface area contributed by atoms with Crippen molar-refractivity contribution in [1.82, 2.24) is 0 Å². The third kappa shape index (κ3) is 2.84. The van der Waals surface area contributed by atoms with Crippen LogP contribution in [0.2, 0.25) is 0 Å². The summed E-state index contributed by atoms with van der Waals surface area (Å²) in [5.41, 5.74) is -4.91. The van der Waals surface area contributed by atoms with E-state index in [0.717, 1.165) is 0 Å². The molecule has 0 spiro atoms. The van der Waals surface area contributed by atoms with E-state index in [1.165, 1.54) is 0 Å². The zero-order valence-corrected chi connectivity index (χ0v) is 12.2. The molecule has 130 valence electrons. The zero-order chi connectivity index (χ0) is 18.8. The molecule has 0 radical (unpaired) electrons. The van der Waals surface area contributed by atoms with Crippen molar-refractivity contribution in [2.45, 2.75) is 44.6 Å². The fraction of sp³-hybridized carbons (Fsp3) is 1.00. The van der Waals surface area contributed by atoms with Crippen LogP contribution in [-0.4, -0.2) is 36.3 Å². The molecule has 0 saturated heterocycles. The van der Waals surface area contributed by atoms with Gasteiger partial charge in [-0.25, -0.2) is 0 Å². The Morgan fingerprint density at radius 2 is 1.59 bits per heavy atom. The first-order valence-electron chi connectivity index (χ1n) is 7.99. The average Bonchev–Trinajstić information content (AvgIpc) is 2.86. The van der Waals surface area contributed by atoms with Crippen LogP contribution in [0, 0.1) is 29.5 Å². The Balaban J connectivity index is 2.01. The van der Waals surface area contributed by atoms with Crippen LogP contribution < -0.4 is 0 Å². The van der Waals surface area contributed by atoms with E-state index in [-0.39, 0.29) is 17.8 Å². The van der Waals surface area contributed by atoms with Gasteiger partial charge in [-0.1, -0.05) is 13.8 Å². The molecule has 0 aromatic carbocycles. The first-order chi connectivity index (χ1) is 10.6. The van der Waals surface area contributed by atoms with E-state index in [1.807, 2.05) is 0 Å². The van der Waals surface area contributed by atoms with Crippen LogP contribution in [0.15, 0.2) is 0 Å². The van der Waals surface area contributed by atoms with E-state index in [2.05, 4.69) is 4.74 Å². The van der Waals surface area contributed by atoms with E-state index in [1.54, 1.807) is 13.8 Å². The quantitative estimate of drug-likeness (QED) is 0.792. The number of hydrogen-bond donors (Lipinski definition) is 1. The topological polar surface area (TPSA) is 29.5 Å². The van der Waals surface area contributed by atoms with E-state index in [4.69, 9.17) is 7.85 Å². The molecule has 2 bridgehead atoms. The standard InChI is InChI=1S/C14H20F6O2/c1-7-8(2)11-4-9(7)3-10(11)5-22-6-12(21,13(15,16)17)14(18,19)20/h7-11,21H,3-6H2,1-2H3/i7D,8D. The molecule has 0 aromatic heterocycles. The van der Waals surface area contributed by atoms with Crippen LogP contribution in [-0.2, 0) is 4.74 Å². The smallest absolute Gasteiger partial charge is 0.377 e. The molecule has 2 nitrogen and oxygen atoms in total. The van der Waals surface area contributed by atoms with Gasteiger partial charge in [-0.15, -0.1) is 0 Å². The van der Waals surface area contributed by atoms with Gasteiger partial charge in [0.15, 0.2) is 0 Å². The molecule has 1 N–H and O–H groups in total. The number of hydrogen-bond acceptors (Lipinski definition) is 2. The van der Waals surface area contributed by atoms with Gasteiger partial charge in [0.2, 0.25) is 0 Å². The van der Waals surface area contributed by atoms with Crippen LogP contribution in [0.4, 0.5) is 26.3 Å². The molecule has 8 heteroatoms. The second kappa shape index (κ2) is 5.54. The highest BCUT2D eigenvalue weighted by molar-refractivity contribution is 4.98. The van der Waals surface area contributed by atoms with Crippen LogP contribution in [0.25, 0.3) is 0 Å². The fourth-order valence-corrected chi connectivity index (χ4v) is 3.49. The average molecular weight is 336 g/mol. The second-order valence-corrected chi connectivity index (χ2v) is 6.27. The maximum absolute atomic E-state index is 12.6. The lowest BCUT2D eigenvalue weighted by molar-refractivity contribution is -0.378. The highest BCUT2D eigenvalue weighted by Gasteiger charge is 2.70. The number of ether oxygens (including phenoxy) is 1. The van der Waals surface area contributed by atoms with Crippen molar-refractivity contribution in [3.05, 3.63) is 0 Å². The molecule has 2 fully saturated rings. The van der Waals surface area contributed by atoms with Crippen LogP contribution >= 0.6 is 0 Å². The summed E-state index contributed by atoms with van der Waals surface area (Å²) in [4.78, 5) is 0. The Morgan fingerprint density at radius 3 is 2.00 bits per heavy atom. The predicted octanol–water partition coefficient (Wildman–Crippen LogP) is 3.79. The summed E-state index contributed by atoms with van der Waals surface area (Å²) in [6, 6.07) is 0. The zero-order valence-electron chi connectivity index (χ0n) is 14.2. The molecule has 2 aliphatic rings. The fourth-order valence-electron chi connectivity index (χ4n) is 3.49. The molecule has 0 aliphatic heterocycles. The third-order valence-corrected chi connectivity index (χ3v) is 5.07. The molecule has 0 heterocycles. The van der Waals surface area contributed by atoms with Crippen LogP contribution in [0.3, 0.4) is 0 Å². The molecule has 2 aliphatic carbocycles.